The third-order valence-electron chi connectivity index (χ3n) is 3.19. The molecule has 0 radical (unpaired) electrons. The van der Waals surface area contributed by atoms with Crippen molar-refractivity contribution in [3.05, 3.63) is 28.2 Å². The quantitative estimate of drug-likeness (QED) is 0.890. The summed E-state index contributed by atoms with van der Waals surface area (Å²) < 4.78 is 0. The number of nitrogens with one attached hydrogen (secondary N) is 2. The molecule has 1 atom stereocenters. The molecule has 1 aromatic rings. The summed E-state index contributed by atoms with van der Waals surface area (Å²) in [6.45, 7) is 5.22. The molecule has 0 spiro atoms. The monoisotopic (exact) mass is 337 g/mol. The Labute approximate surface area is 135 Å². The van der Waals surface area contributed by atoms with E-state index in [-0.39, 0.29) is 18.3 Å². The van der Waals surface area contributed by atoms with Crippen LogP contribution in [0.3, 0.4) is 0 Å². The molecule has 20 heavy (non-hydrogen) atoms. The van der Waals surface area contributed by atoms with Crippen LogP contribution >= 0.6 is 35.6 Å². The summed E-state index contributed by atoms with van der Waals surface area (Å²) in [5.74, 6) is -0.0351. The SMILES string of the molecule is C[C@H]1CNCCN1CC(=O)Nc1ccc(Cl)c(Cl)c1.Cl. The summed E-state index contributed by atoms with van der Waals surface area (Å²) in [4.78, 5) is 14.1. The molecule has 0 bridgehead atoms. The molecule has 1 heterocycles. The van der Waals surface area contributed by atoms with Crippen molar-refractivity contribution in [1.82, 2.24) is 10.2 Å². The lowest BCUT2D eigenvalue weighted by molar-refractivity contribution is -0.118. The molecule has 2 N–H and O–H groups in total. The first-order chi connectivity index (χ1) is 9.06. The van der Waals surface area contributed by atoms with Crippen LogP contribution in [0.5, 0.6) is 0 Å². The fourth-order valence-corrected chi connectivity index (χ4v) is 2.37. The van der Waals surface area contributed by atoms with Gasteiger partial charge in [0.05, 0.1) is 16.6 Å². The van der Waals surface area contributed by atoms with Crippen molar-refractivity contribution >= 4 is 47.2 Å². The van der Waals surface area contributed by atoms with Gasteiger partial charge in [-0.15, -0.1) is 12.4 Å². The molecule has 112 valence electrons. The molecule has 0 saturated carbocycles. The van der Waals surface area contributed by atoms with E-state index in [9.17, 15) is 4.79 Å². The fourth-order valence-electron chi connectivity index (χ4n) is 2.08. The number of carbonyl (C=O) groups excluding carboxylic acids is 1. The third-order valence-corrected chi connectivity index (χ3v) is 3.93. The van der Waals surface area contributed by atoms with Gasteiger partial charge in [0, 0.05) is 31.4 Å². The molecular formula is C13H18Cl3N3O. The Hall–Kier alpha value is -0.520. The normalized spacial score (nSPS) is 19.2. The number of carbonyl (C=O) groups is 1. The second kappa shape index (κ2) is 8.05. The van der Waals surface area contributed by atoms with Crippen LogP contribution in [0.1, 0.15) is 6.92 Å². The average Bonchev–Trinajstić information content (AvgIpc) is 2.37. The highest BCUT2D eigenvalue weighted by atomic mass is 35.5. The lowest BCUT2D eigenvalue weighted by atomic mass is 10.2. The van der Waals surface area contributed by atoms with E-state index in [1.807, 2.05) is 0 Å². The van der Waals surface area contributed by atoms with Crippen LogP contribution in [0.25, 0.3) is 0 Å². The summed E-state index contributed by atoms with van der Waals surface area (Å²) in [6, 6.07) is 5.44. The average molecular weight is 339 g/mol. The molecule has 0 unspecified atom stereocenters. The minimum Gasteiger partial charge on any atom is -0.325 e. The van der Waals surface area contributed by atoms with Gasteiger partial charge in [-0.3, -0.25) is 9.69 Å². The number of nitrogens with zero attached hydrogens (tertiary/aromatic N) is 1. The molecule has 1 aliphatic heterocycles. The molecule has 1 aliphatic rings. The summed E-state index contributed by atoms with van der Waals surface area (Å²) in [6.07, 6.45) is 0. The summed E-state index contributed by atoms with van der Waals surface area (Å²) >= 11 is 11.7. The first-order valence-corrected chi connectivity index (χ1v) is 7.01. The van der Waals surface area contributed by atoms with E-state index in [0.717, 1.165) is 19.6 Å². The maximum Gasteiger partial charge on any atom is 0.238 e. The van der Waals surface area contributed by atoms with E-state index < -0.39 is 0 Å². The van der Waals surface area contributed by atoms with E-state index in [4.69, 9.17) is 23.2 Å². The Morgan fingerprint density at radius 1 is 1.45 bits per heavy atom. The predicted molar refractivity (Wildman–Crippen MR) is 86.2 cm³/mol. The van der Waals surface area contributed by atoms with Crippen LogP contribution in [0.15, 0.2) is 18.2 Å². The highest BCUT2D eigenvalue weighted by molar-refractivity contribution is 6.42. The molecule has 2 rings (SSSR count). The maximum absolute atomic E-state index is 12.0. The van der Waals surface area contributed by atoms with E-state index in [2.05, 4.69) is 22.5 Å². The highest BCUT2D eigenvalue weighted by Crippen LogP contribution is 2.24. The molecule has 0 aromatic heterocycles. The number of piperazine rings is 1. The van der Waals surface area contributed by atoms with Crippen molar-refractivity contribution in [3.8, 4) is 0 Å². The Morgan fingerprint density at radius 2 is 2.20 bits per heavy atom. The molecule has 0 aliphatic carbocycles. The van der Waals surface area contributed by atoms with Crippen LogP contribution in [-0.4, -0.2) is 43.0 Å². The smallest absolute Gasteiger partial charge is 0.238 e. The van der Waals surface area contributed by atoms with Crippen molar-refractivity contribution in [2.75, 3.05) is 31.5 Å². The second-order valence-electron chi connectivity index (χ2n) is 4.70. The standard InChI is InChI=1S/C13H17Cl2N3O.ClH/c1-9-7-16-4-5-18(9)8-13(19)17-10-2-3-11(14)12(15)6-10;/h2-3,6,9,16H,4-5,7-8H2,1H3,(H,17,19);1H/t9-;/m0./s1. The van der Waals surface area contributed by atoms with Crippen LogP contribution in [0, 0.1) is 0 Å². The van der Waals surface area contributed by atoms with Crippen LogP contribution in [0.2, 0.25) is 10.0 Å². The first-order valence-electron chi connectivity index (χ1n) is 6.26. The number of hydrogen-bond donors (Lipinski definition) is 2. The van der Waals surface area contributed by atoms with Crippen LogP contribution < -0.4 is 10.6 Å². The van der Waals surface area contributed by atoms with Gasteiger partial charge >= 0.3 is 0 Å². The molecule has 1 aromatic carbocycles. The zero-order valence-electron chi connectivity index (χ0n) is 11.2. The maximum atomic E-state index is 12.0. The third kappa shape index (κ3) is 4.79. The minimum atomic E-state index is -0.0351. The molecule has 1 fully saturated rings. The van der Waals surface area contributed by atoms with E-state index in [1.165, 1.54) is 0 Å². The minimum absolute atomic E-state index is 0. The van der Waals surface area contributed by atoms with Gasteiger partial charge in [0.25, 0.3) is 0 Å². The Morgan fingerprint density at radius 3 is 2.85 bits per heavy atom. The molecule has 4 nitrogen and oxygen atoms in total. The Bertz CT molecular complexity index is 470. The zero-order chi connectivity index (χ0) is 13.8. The number of anilines is 1. The number of hydrogen-bond acceptors (Lipinski definition) is 3. The topological polar surface area (TPSA) is 44.4 Å². The van der Waals surface area contributed by atoms with Crippen LogP contribution in [0.4, 0.5) is 5.69 Å². The van der Waals surface area contributed by atoms with E-state index in [1.54, 1.807) is 18.2 Å². The number of halogens is 3. The van der Waals surface area contributed by atoms with Crippen LogP contribution in [-0.2, 0) is 4.79 Å². The lowest BCUT2D eigenvalue weighted by Crippen LogP contribution is -2.51. The Balaban J connectivity index is 0.00000200. The fraction of sp³-hybridized carbons (Fsp3) is 0.462. The molecule has 1 amide bonds. The molecule has 1 saturated heterocycles. The number of benzene rings is 1. The van der Waals surface area contributed by atoms with Gasteiger partial charge < -0.3 is 10.6 Å². The summed E-state index contributed by atoms with van der Waals surface area (Å²) in [5.41, 5.74) is 0.669. The second-order valence-corrected chi connectivity index (χ2v) is 5.52. The predicted octanol–water partition coefficient (Wildman–Crippen LogP) is 2.65. The largest absolute Gasteiger partial charge is 0.325 e. The molecule has 7 heteroatoms. The van der Waals surface area contributed by atoms with Crippen molar-refractivity contribution in [1.29, 1.82) is 0 Å². The first kappa shape index (κ1) is 17.5. The van der Waals surface area contributed by atoms with Gasteiger partial charge in [-0.05, 0) is 25.1 Å². The highest BCUT2D eigenvalue weighted by Gasteiger charge is 2.20. The van der Waals surface area contributed by atoms with Crippen molar-refractivity contribution < 1.29 is 4.79 Å². The molecular weight excluding hydrogens is 321 g/mol. The van der Waals surface area contributed by atoms with Crippen molar-refractivity contribution in [2.24, 2.45) is 0 Å². The summed E-state index contributed by atoms with van der Waals surface area (Å²) in [5, 5.41) is 7.05. The van der Waals surface area contributed by atoms with Gasteiger partial charge in [-0.25, -0.2) is 0 Å². The summed E-state index contributed by atoms with van der Waals surface area (Å²) in [7, 11) is 0. The van der Waals surface area contributed by atoms with Gasteiger partial charge in [-0.2, -0.15) is 0 Å². The Kier molecular flexibility index (Phi) is 7.06. The van der Waals surface area contributed by atoms with E-state index >= 15 is 0 Å². The zero-order valence-corrected chi connectivity index (χ0v) is 13.5. The van der Waals surface area contributed by atoms with Crippen molar-refractivity contribution in [3.63, 3.8) is 0 Å². The van der Waals surface area contributed by atoms with Gasteiger partial charge in [-0.1, -0.05) is 23.2 Å². The number of amides is 1. The number of rotatable bonds is 3. The van der Waals surface area contributed by atoms with Gasteiger partial charge in [0.1, 0.15) is 0 Å². The van der Waals surface area contributed by atoms with Crippen molar-refractivity contribution in [2.45, 2.75) is 13.0 Å². The van der Waals surface area contributed by atoms with Gasteiger partial charge in [0.15, 0.2) is 0 Å². The lowest BCUT2D eigenvalue weighted by Gasteiger charge is -2.33. The van der Waals surface area contributed by atoms with Gasteiger partial charge in [0.2, 0.25) is 5.91 Å². The van der Waals surface area contributed by atoms with E-state index in [0.29, 0.717) is 28.3 Å².